The van der Waals surface area contributed by atoms with Crippen molar-refractivity contribution >= 4 is 33.8 Å². The minimum atomic E-state index is -1.30. The summed E-state index contributed by atoms with van der Waals surface area (Å²) in [7, 11) is 0. The largest absolute Gasteiger partial charge is 0.480 e. The van der Waals surface area contributed by atoms with E-state index in [9.17, 15) is 14.4 Å². The van der Waals surface area contributed by atoms with Crippen LogP contribution in [0, 0.1) is 0 Å². The standard InChI is InChI=1S/C9H8BrNO6/c10-6-2-1-5(17-6)9(16)11(3-7(12)13)4-8(14)15/h1-2H,3-4H2,(H,12,13)(H,14,15). The molecule has 0 fully saturated rings. The van der Waals surface area contributed by atoms with Crippen LogP contribution in [0.25, 0.3) is 0 Å². The van der Waals surface area contributed by atoms with Gasteiger partial charge in [-0.15, -0.1) is 0 Å². The van der Waals surface area contributed by atoms with Crippen molar-refractivity contribution in [2.75, 3.05) is 13.1 Å². The highest BCUT2D eigenvalue weighted by atomic mass is 79.9. The van der Waals surface area contributed by atoms with Gasteiger partial charge in [-0.3, -0.25) is 14.4 Å². The van der Waals surface area contributed by atoms with Crippen molar-refractivity contribution in [2.45, 2.75) is 0 Å². The third-order valence-corrected chi connectivity index (χ3v) is 2.15. The molecule has 92 valence electrons. The first-order valence-electron chi connectivity index (χ1n) is 4.38. The molecule has 1 rings (SSSR count). The van der Waals surface area contributed by atoms with E-state index in [4.69, 9.17) is 14.6 Å². The van der Waals surface area contributed by atoms with Crippen LogP contribution >= 0.6 is 15.9 Å². The summed E-state index contributed by atoms with van der Waals surface area (Å²) in [6.45, 7) is -1.41. The Morgan fingerprint density at radius 3 is 2.06 bits per heavy atom. The molecule has 0 aliphatic rings. The zero-order valence-corrected chi connectivity index (χ0v) is 10.0. The zero-order chi connectivity index (χ0) is 13.0. The summed E-state index contributed by atoms with van der Waals surface area (Å²) in [5.41, 5.74) is 0. The van der Waals surface area contributed by atoms with Crippen molar-refractivity contribution in [3.05, 3.63) is 22.6 Å². The summed E-state index contributed by atoms with van der Waals surface area (Å²) in [5.74, 6) is -3.52. The molecule has 0 bridgehead atoms. The van der Waals surface area contributed by atoms with Crippen molar-refractivity contribution < 1.29 is 29.0 Å². The molecule has 0 saturated heterocycles. The minimum absolute atomic E-state index is 0.126. The summed E-state index contributed by atoms with van der Waals surface area (Å²) < 4.78 is 5.23. The number of amides is 1. The summed E-state index contributed by atoms with van der Waals surface area (Å²) >= 11 is 2.98. The Kier molecular flexibility index (Phi) is 4.27. The Balaban J connectivity index is 2.85. The van der Waals surface area contributed by atoms with E-state index in [1.807, 2.05) is 0 Å². The van der Waals surface area contributed by atoms with Crippen molar-refractivity contribution in [1.82, 2.24) is 4.90 Å². The van der Waals surface area contributed by atoms with Crippen LogP contribution < -0.4 is 0 Å². The SMILES string of the molecule is O=C(O)CN(CC(=O)O)C(=O)c1ccc(Br)o1. The smallest absolute Gasteiger partial charge is 0.323 e. The number of halogens is 1. The van der Waals surface area contributed by atoms with E-state index >= 15 is 0 Å². The number of aliphatic carboxylic acids is 2. The first-order valence-corrected chi connectivity index (χ1v) is 5.17. The average Bonchev–Trinajstić information content (AvgIpc) is 2.61. The monoisotopic (exact) mass is 305 g/mol. The molecule has 0 spiro atoms. The molecule has 0 unspecified atom stereocenters. The lowest BCUT2D eigenvalue weighted by molar-refractivity contribution is -0.140. The second-order valence-corrected chi connectivity index (χ2v) is 3.83. The molecule has 0 aromatic carbocycles. The third kappa shape index (κ3) is 3.91. The van der Waals surface area contributed by atoms with Crippen LogP contribution in [0.15, 0.2) is 21.2 Å². The first-order chi connectivity index (χ1) is 7.90. The average molecular weight is 306 g/mol. The van der Waals surface area contributed by atoms with Gasteiger partial charge in [-0.05, 0) is 28.1 Å². The van der Waals surface area contributed by atoms with Crippen LogP contribution in [-0.2, 0) is 9.59 Å². The maximum absolute atomic E-state index is 11.7. The molecule has 0 saturated carbocycles. The highest BCUT2D eigenvalue weighted by Gasteiger charge is 2.23. The number of nitrogens with zero attached hydrogens (tertiary/aromatic N) is 1. The molecule has 0 radical (unpaired) electrons. The van der Waals surface area contributed by atoms with Gasteiger partial charge in [0.1, 0.15) is 13.1 Å². The number of carbonyl (C=O) groups is 3. The van der Waals surface area contributed by atoms with Crippen LogP contribution in [0.3, 0.4) is 0 Å². The highest BCUT2D eigenvalue weighted by Crippen LogP contribution is 2.15. The van der Waals surface area contributed by atoms with Crippen molar-refractivity contribution in [2.24, 2.45) is 0 Å². The lowest BCUT2D eigenvalue weighted by Gasteiger charge is -2.16. The van der Waals surface area contributed by atoms with Crippen LogP contribution in [0.5, 0.6) is 0 Å². The van der Waals surface area contributed by atoms with Gasteiger partial charge >= 0.3 is 11.9 Å². The number of rotatable bonds is 5. The maximum Gasteiger partial charge on any atom is 0.323 e. The molecular formula is C9H8BrNO6. The van der Waals surface area contributed by atoms with Gasteiger partial charge in [0.25, 0.3) is 5.91 Å². The fourth-order valence-corrected chi connectivity index (χ4v) is 1.42. The zero-order valence-electron chi connectivity index (χ0n) is 8.42. The molecule has 7 nitrogen and oxygen atoms in total. The number of carboxylic acids is 2. The van der Waals surface area contributed by atoms with Gasteiger partial charge in [-0.1, -0.05) is 0 Å². The highest BCUT2D eigenvalue weighted by molar-refractivity contribution is 9.10. The maximum atomic E-state index is 11.7. The third-order valence-electron chi connectivity index (χ3n) is 1.72. The quantitative estimate of drug-likeness (QED) is 0.827. The van der Waals surface area contributed by atoms with Crippen LogP contribution in [0.1, 0.15) is 10.6 Å². The number of furan rings is 1. The van der Waals surface area contributed by atoms with E-state index in [0.717, 1.165) is 0 Å². The van der Waals surface area contributed by atoms with Crippen molar-refractivity contribution in [1.29, 1.82) is 0 Å². The lowest BCUT2D eigenvalue weighted by Crippen LogP contribution is -2.39. The molecule has 1 aromatic heterocycles. The van der Waals surface area contributed by atoms with Crippen LogP contribution in [0.4, 0.5) is 0 Å². The summed E-state index contributed by atoms with van der Waals surface area (Å²) in [5, 5.41) is 17.1. The van der Waals surface area contributed by atoms with Gasteiger partial charge in [0.15, 0.2) is 10.4 Å². The topological polar surface area (TPSA) is 108 Å². The van der Waals surface area contributed by atoms with E-state index in [0.29, 0.717) is 9.57 Å². The number of hydrogen-bond donors (Lipinski definition) is 2. The Labute approximate surface area is 104 Å². The summed E-state index contributed by atoms with van der Waals surface area (Å²) in [4.78, 5) is 33.4. The number of carbonyl (C=O) groups excluding carboxylic acids is 1. The van der Waals surface area contributed by atoms with Gasteiger partial charge in [-0.25, -0.2) is 0 Å². The number of carboxylic acid groups (broad SMARTS) is 2. The minimum Gasteiger partial charge on any atom is -0.480 e. The second-order valence-electron chi connectivity index (χ2n) is 3.05. The molecule has 0 aliphatic carbocycles. The van der Waals surface area contributed by atoms with Gasteiger partial charge in [0.2, 0.25) is 0 Å². The second kappa shape index (κ2) is 5.48. The van der Waals surface area contributed by atoms with E-state index in [1.54, 1.807) is 0 Å². The lowest BCUT2D eigenvalue weighted by atomic mass is 10.3. The molecule has 2 N–H and O–H groups in total. The van der Waals surface area contributed by atoms with Gasteiger partial charge in [0.05, 0.1) is 0 Å². The fraction of sp³-hybridized carbons (Fsp3) is 0.222. The van der Waals surface area contributed by atoms with E-state index in [1.165, 1.54) is 12.1 Å². The summed E-state index contributed by atoms with van der Waals surface area (Å²) in [6.07, 6.45) is 0. The number of hydrogen-bond acceptors (Lipinski definition) is 4. The van der Waals surface area contributed by atoms with Gasteiger partial charge < -0.3 is 19.5 Å². The fourth-order valence-electron chi connectivity index (χ4n) is 1.11. The summed E-state index contributed by atoms with van der Waals surface area (Å²) in [6, 6.07) is 2.77. The Morgan fingerprint density at radius 1 is 1.18 bits per heavy atom. The predicted octanol–water partition coefficient (Wildman–Crippen LogP) is 0.653. The molecule has 1 amide bonds. The van der Waals surface area contributed by atoms with E-state index in [2.05, 4.69) is 15.9 Å². The van der Waals surface area contributed by atoms with Crippen molar-refractivity contribution in [3.63, 3.8) is 0 Å². The van der Waals surface area contributed by atoms with E-state index < -0.39 is 30.9 Å². The molecular weight excluding hydrogens is 298 g/mol. The van der Waals surface area contributed by atoms with Crippen LogP contribution in [-0.4, -0.2) is 46.0 Å². The van der Waals surface area contributed by atoms with Crippen molar-refractivity contribution in [3.8, 4) is 0 Å². The Hall–Kier alpha value is -1.83. The molecule has 0 atom stereocenters. The molecule has 8 heteroatoms. The normalized spacial score (nSPS) is 9.94. The Morgan fingerprint density at radius 2 is 1.71 bits per heavy atom. The Bertz CT molecular complexity index is 438. The van der Waals surface area contributed by atoms with E-state index in [-0.39, 0.29) is 5.76 Å². The molecule has 17 heavy (non-hydrogen) atoms. The van der Waals surface area contributed by atoms with Gasteiger partial charge in [-0.2, -0.15) is 0 Å². The first kappa shape index (κ1) is 13.2. The molecule has 0 aliphatic heterocycles. The molecule has 1 aromatic rings. The predicted molar refractivity (Wildman–Crippen MR) is 57.6 cm³/mol. The molecule has 1 heterocycles. The van der Waals surface area contributed by atoms with Crippen LogP contribution in [0.2, 0.25) is 0 Å². The van der Waals surface area contributed by atoms with Gasteiger partial charge in [0, 0.05) is 0 Å².